The Bertz CT molecular complexity index is 868. The predicted molar refractivity (Wildman–Crippen MR) is 113 cm³/mol. The van der Waals surface area contributed by atoms with Gasteiger partial charge in [0.25, 0.3) is 10.1 Å². The summed E-state index contributed by atoms with van der Waals surface area (Å²) < 4.78 is 38.1. The first-order chi connectivity index (χ1) is 13.9. The van der Waals surface area contributed by atoms with Gasteiger partial charge in [-0.05, 0) is 42.7 Å². The van der Waals surface area contributed by atoms with Gasteiger partial charge in [-0.1, -0.05) is 82.2 Å². The molecule has 0 bridgehead atoms. The van der Waals surface area contributed by atoms with Crippen molar-refractivity contribution >= 4 is 10.1 Å². The molecule has 30 heavy (non-hydrogen) atoms. The summed E-state index contributed by atoms with van der Waals surface area (Å²) in [5, 5.41) is 11.9. The quantitative estimate of drug-likeness (QED) is 0.293. The molecule has 2 aromatic rings. The van der Waals surface area contributed by atoms with Gasteiger partial charge in [-0.2, -0.15) is 8.42 Å². The van der Waals surface area contributed by atoms with E-state index in [9.17, 15) is 18.1 Å². The molecule has 0 aliphatic carbocycles. The van der Waals surface area contributed by atoms with Gasteiger partial charge < -0.3 is 9.84 Å². The SMILES string of the molecule is CCCCCCCCCCCc1cc(S(=O)(=O)O)ccc1Oc1ccccc1[O-].[Na+]. The monoisotopic (exact) mass is 442 g/mol. The molecule has 0 aliphatic heterocycles. The molecule has 0 heterocycles. The largest absolute Gasteiger partial charge is 1.00 e. The Morgan fingerprint density at radius 2 is 1.47 bits per heavy atom. The number of para-hydroxylation sites is 2. The van der Waals surface area contributed by atoms with E-state index in [1.54, 1.807) is 18.2 Å². The molecule has 5 nitrogen and oxygen atoms in total. The molecule has 0 saturated heterocycles. The van der Waals surface area contributed by atoms with Crippen molar-refractivity contribution in [1.82, 2.24) is 0 Å². The molecule has 2 rings (SSSR count). The minimum absolute atomic E-state index is 0. The van der Waals surface area contributed by atoms with E-state index in [1.807, 2.05) is 0 Å². The Kier molecular flexibility index (Phi) is 12.7. The third-order valence-electron chi connectivity index (χ3n) is 4.95. The summed E-state index contributed by atoms with van der Waals surface area (Å²) >= 11 is 0. The standard InChI is InChI=1S/C23H32O5S.Na/c1-2-3-4-5-6-7-8-9-10-13-19-18-20(29(25,26)27)16-17-22(19)28-23-15-12-11-14-21(23)24;/h11-12,14-18,24H,2-10,13H2,1H3,(H,25,26,27);/q;+1/p-1. The van der Waals surface area contributed by atoms with E-state index in [0.717, 1.165) is 19.3 Å². The fraction of sp³-hybridized carbons (Fsp3) is 0.478. The molecule has 0 saturated carbocycles. The number of ether oxygens (including phenoxy) is 1. The number of unbranched alkanes of at least 4 members (excludes halogenated alkanes) is 8. The molecular weight excluding hydrogens is 411 g/mol. The Balaban J connectivity index is 0.00000450. The van der Waals surface area contributed by atoms with Crippen molar-refractivity contribution in [2.75, 3.05) is 0 Å². The maximum Gasteiger partial charge on any atom is 1.00 e. The Labute approximate surface area is 202 Å². The zero-order valence-corrected chi connectivity index (χ0v) is 20.9. The van der Waals surface area contributed by atoms with Gasteiger partial charge in [-0.3, -0.25) is 4.55 Å². The second-order valence-electron chi connectivity index (χ2n) is 7.37. The Morgan fingerprint density at radius 1 is 0.867 bits per heavy atom. The zero-order valence-electron chi connectivity index (χ0n) is 18.1. The van der Waals surface area contributed by atoms with Crippen LogP contribution in [0, 0.1) is 0 Å². The minimum atomic E-state index is -4.29. The van der Waals surface area contributed by atoms with Gasteiger partial charge in [0.2, 0.25) is 0 Å². The fourth-order valence-corrected chi connectivity index (χ4v) is 3.82. The van der Waals surface area contributed by atoms with Crippen molar-refractivity contribution in [3.8, 4) is 17.2 Å². The normalized spacial score (nSPS) is 11.1. The van der Waals surface area contributed by atoms with E-state index in [-0.39, 0.29) is 46.0 Å². The summed E-state index contributed by atoms with van der Waals surface area (Å²) in [5.41, 5.74) is 0.673. The van der Waals surface area contributed by atoms with Crippen LogP contribution < -0.4 is 39.4 Å². The first kappa shape index (κ1) is 27.0. The predicted octanol–water partition coefficient (Wildman–Crippen LogP) is 2.88. The average Bonchev–Trinajstić information content (AvgIpc) is 2.68. The number of benzene rings is 2. The first-order valence-corrected chi connectivity index (χ1v) is 11.9. The van der Waals surface area contributed by atoms with Crippen LogP contribution >= 0.6 is 0 Å². The van der Waals surface area contributed by atoms with Crippen LogP contribution in [0.3, 0.4) is 0 Å². The van der Waals surface area contributed by atoms with Crippen molar-refractivity contribution in [3.63, 3.8) is 0 Å². The molecule has 0 radical (unpaired) electrons. The number of hydrogen-bond acceptors (Lipinski definition) is 4. The van der Waals surface area contributed by atoms with Crippen molar-refractivity contribution in [3.05, 3.63) is 48.0 Å². The summed E-state index contributed by atoms with van der Waals surface area (Å²) in [5.74, 6) is 0.404. The van der Waals surface area contributed by atoms with Crippen molar-refractivity contribution in [2.24, 2.45) is 0 Å². The third-order valence-corrected chi connectivity index (χ3v) is 5.80. The van der Waals surface area contributed by atoms with E-state index < -0.39 is 10.1 Å². The molecule has 0 aliphatic rings. The summed E-state index contributed by atoms with van der Waals surface area (Å²) in [7, 11) is -4.29. The van der Waals surface area contributed by atoms with E-state index in [1.165, 1.54) is 62.8 Å². The summed E-state index contributed by atoms with van der Waals surface area (Å²) in [6.45, 7) is 2.21. The number of aryl methyl sites for hydroxylation is 1. The Hall–Kier alpha value is -1.05. The molecule has 0 fully saturated rings. The number of hydrogen-bond donors (Lipinski definition) is 1. The number of rotatable bonds is 13. The second-order valence-corrected chi connectivity index (χ2v) is 8.79. The third kappa shape index (κ3) is 9.40. The minimum Gasteiger partial charge on any atom is -0.870 e. The zero-order chi connectivity index (χ0) is 21.1. The van der Waals surface area contributed by atoms with Crippen molar-refractivity contribution < 1.29 is 52.4 Å². The van der Waals surface area contributed by atoms with Crippen LogP contribution in [0.4, 0.5) is 0 Å². The van der Waals surface area contributed by atoms with Gasteiger partial charge >= 0.3 is 29.6 Å². The molecule has 0 amide bonds. The Morgan fingerprint density at radius 3 is 2.07 bits per heavy atom. The van der Waals surface area contributed by atoms with Crippen LogP contribution in [0.15, 0.2) is 47.4 Å². The van der Waals surface area contributed by atoms with Crippen LogP contribution in [0.5, 0.6) is 17.2 Å². The molecule has 2 aromatic carbocycles. The molecule has 0 atom stereocenters. The van der Waals surface area contributed by atoms with E-state index in [0.29, 0.717) is 17.7 Å². The van der Waals surface area contributed by atoms with Crippen molar-refractivity contribution in [2.45, 2.75) is 76.0 Å². The van der Waals surface area contributed by atoms with E-state index in [4.69, 9.17) is 4.74 Å². The fourth-order valence-electron chi connectivity index (χ4n) is 3.29. The summed E-state index contributed by atoms with van der Waals surface area (Å²) in [4.78, 5) is -0.161. The van der Waals surface area contributed by atoms with Gasteiger partial charge in [-0.15, -0.1) is 0 Å². The molecule has 0 unspecified atom stereocenters. The van der Waals surface area contributed by atoms with Gasteiger partial charge in [0.15, 0.2) is 0 Å². The molecule has 0 aromatic heterocycles. The van der Waals surface area contributed by atoms with Crippen LogP contribution in [0.25, 0.3) is 0 Å². The molecule has 160 valence electrons. The molecular formula is C23H31NaO5S. The summed E-state index contributed by atoms with van der Waals surface area (Å²) in [6, 6.07) is 10.6. The van der Waals surface area contributed by atoms with Gasteiger partial charge in [0.05, 0.1) is 4.90 Å². The van der Waals surface area contributed by atoms with Gasteiger partial charge in [0.1, 0.15) is 11.5 Å². The first-order valence-electron chi connectivity index (χ1n) is 10.5. The van der Waals surface area contributed by atoms with Crippen LogP contribution in [-0.2, 0) is 16.5 Å². The molecule has 0 spiro atoms. The molecule has 1 N–H and O–H groups in total. The smallest absolute Gasteiger partial charge is 0.870 e. The van der Waals surface area contributed by atoms with E-state index in [2.05, 4.69) is 6.92 Å². The topological polar surface area (TPSA) is 86.7 Å². The maximum atomic E-state index is 11.9. The van der Waals surface area contributed by atoms with Gasteiger partial charge in [0, 0.05) is 0 Å². The maximum absolute atomic E-state index is 11.9. The van der Waals surface area contributed by atoms with Crippen LogP contribution in [-0.4, -0.2) is 13.0 Å². The van der Waals surface area contributed by atoms with Crippen LogP contribution in [0.2, 0.25) is 0 Å². The summed E-state index contributed by atoms with van der Waals surface area (Å²) in [6.07, 6.45) is 11.3. The van der Waals surface area contributed by atoms with Crippen LogP contribution in [0.1, 0.15) is 70.3 Å². The van der Waals surface area contributed by atoms with Crippen molar-refractivity contribution in [1.29, 1.82) is 0 Å². The van der Waals surface area contributed by atoms with E-state index >= 15 is 0 Å². The average molecular weight is 443 g/mol. The second kappa shape index (κ2) is 14.1. The molecule has 7 heteroatoms. The van der Waals surface area contributed by atoms with Gasteiger partial charge in [-0.25, -0.2) is 0 Å².